The van der Waals surface area contributed by atoms with Crippen LogP contribution in [0.25, 0.3) is 0 Å². The summed E-state index contributed by atoms with van der Waals surface area (Å²) in [7, 11) is 0. The molecular formula is C14H20O. The van der Waals surface area contributed by atoms with Gasteiger partial charge in [-0.3, -0.25) is 0 Å². The molecule has 1 aliphatic rings. The fourth-order valence-electron chi connectivity index (χ4n) is 1.56. The molecule has 0 saturated carbocycles. The summed E-state index contributed by atoms with van der Waals surface area (Å²) in [6.07, 6.45) is 8.43. The third-order valence-electron chi connectivity index (χ3n) is 2.55. The van der Waals surface area contributed by atoms with Crippen LogP contribution >= 0.6 is 0 Å². The maximum Gasteiger partial charge on any atom is 0.118 e. The second-order valence-electron chi connectivity index (χ2n) is 4.89. The average Bonchev–Trinajstić information content (AvgIpc) is 2.15. The molecule has 0 aliphatic heterocycles. The molecule has 1 rings (SSSR count). The maximum absolute atomic E-state index is 9.58. The Bertz CT molecular complexity index is 323. The van der Waals surface area contributed by atoms with Crippen LogP contribution in [0.15, 0.2) is 23.8 Å². The van der Waals surface area contributed by atoms with Crippen LogP contribution in [0.5, 0.6) is 0 Å². The molecule has 0 aromatic carbocycles. The Morgan fingerprint density at radius 1 is 1.47 bits per heavy atom. The van der Waals surface area contributed by atoms with E-state index in [2.05, 4.69) is 50.8 Å². The Hall–Kier alpha value is -1.00. The van der Waals surface area contributed by atoms with E-state index in [4.69, 9.17) is 0 Å². The van der Waals surface area contributed by atoms with Crippen molar-refractivity contribution in [1.82, 2.24) is 0 Å². The highest BCUT2D eigenvalue weighted by atomic mass is 16.3. The van der Waals surface area contributed by atoms with Crippen molar-refractivity contribution >= 4 is 0 Å². The Balaban J connectivity index is 2.82. The summed E-state index contributed by atoms with van der Waals surface area (Å²) in [5.41, 5.74) is 1.42. The van der Waals surface area contributed by atoms with Crippen molar-refractivity contribution in [2.45, 2.75) is 46.1 Å². The van der Waals surface area contributed by atoms with Gasteiger partial charge >= 0.3 is 0 Å². The largest absolute Gasteiger partial charge is 0.380 e. The molecule has 1 unspecified atom stereocenters. The van der Waals surface area contributed by atoms with Crippen molar-refractivity contribution in [3.63, 3.8) is 0 Å². The highest BCUT2D eigenvalue weighted by molar-refractivity contribution is 5.15. The van der Waals surface area contributed by atoms with Crippen molar-refractivity contribution in [2.75, 3.05) is 0 Å². The first kappa shape index (κ1) is 12.1. The van der Waals surface area contributed by atoms with Crippen LogP contribution in [0.4, 0.5) is 0 Å². The molecule has 1 aliphatic carbocycles. The smallest absolute Gasteiger partial charge is 0.118 e. The third-order valence-corrected chi connectivity index (χ3v) is 2.55. The second-order valence-corrected chi connectivity index (χ2v) is 4.89. The maximum atomic E-state index is 9.58. The van der Waals surface area contributed by atoms with Crippen molar-refractivity contribution in [3.05, 3.63) is 23.8 Å². The van der Waals surface area contributed by atoms with Crippen molar-refractivity contribution in [2.24, 2.45) is 5.41 Å². The van der Waals surface area contributed by atoms with Gasteiger partial charge in [-0.1, -0.05) is 49.5 Å². The van der Waals surface area contributed by atoms with E-state index >= 15 is 0 Å². The summed E-state index contributed by atoms with van der Waals surface area (Å²) < 4.78 is 0. The molecule has 0 aromatic heterocycles. The highest BCUT2D eigenvalue weighted by Gasteiger charge is 2.12. The van der Waals surface area contributed by atoms with Gasteiger partial charge in [-0.05, 0) is 18.8 Å². The lowest BCUT2D eigenvalue weighted by Crippen LogP contribution is -2.06. The number of rotatable bonds is 0. The molecule has 0 fully saturated rings. The van der Waals surface area contributed by atoms with Crippen LogP contribution in [-0.4, -0.2) is 11.2 Å². The van der Waals surface area contributed by atoms with Gasteiger partial charge in [0.1, 0.15) is 6.10 Å². The van der Waals surface area contributed by atoms with Crippen LogP contribution < -0.4 is 0 Å². The average molecular weight is 204 g/mol. The minimum Gasteiger partial charge on any atom is -0.380 e. The zero-order valence-corrected chi connectivity index (χ0v) is 9.88. The van der Waals surface area contributed by atoms with E-state index < -0.39 is 6.10 Å². The molecule has 1 nitrogen and oxygen atoms in total. The minimum absolute atomic E-state index is 0.193. The van der Waals surface area contributed by atoms with Gasteiger partial charge in [0.05, 0.1) is 0 Å². The molecule has 0 bridgehead atoms. The summed E-state index contributed by atoms with van der Waals surface area (Å²) in [5.74, 6) is 5.83. The van der Waals surface area contributed by atoms with Gasteiger partial charge in [0.2, 0.25) is 0 Å². The van der Waals surface area contributed by atoms with Crippen LogP contribution in [0.1, 0.15) is 40.0 Å². The molecule has 15 heavy (non-hydrogen) atoms. The van der Waals surface area contributed by atoms with Gasteiger partial charge in [0.25, 0.3) is 0 Å². The molecule has 0 radical (unpaired) electrons. The van der Waals surface area contributed by atoms with Crippen LogP contribution in [0.2, 0.25) is 0 Å². The molecular weight excluding hydrogens is 184 g/mol. The van der Waals surface area contributed by atoms with Crippen molar-refractivity contribution < 1.29 is 5.11 Å². The number of allylic oxidation sites excluding steroid dienone is 3. The minimum atomic E-state index is -0.504. The molecule has 0 heterocycles. The molecule has 1 heteroatoms. The lowest BCUT2D eigenvalue weighted by molar-refractivity contribution is 0.232. The molecule has 0 aromatic rings. The van der Waals surface area contributed by atoms with Gasteiger partial charge in [0, 0.05) is 12.8 Å². The van der Waals surface area contributed by atoms with Crippen molar-refractivity contribution in [1.29, 1.82) is 0 Å². The number of aliphatic hydroxyl groups is 1. The molecule has 0 saturated heterocycles. The van der Waals surface area contributed by atoms with E-state index in [0.717, 1.165) is 12.8 Å². The predicted molar refractivity (Wildman–Crippen MR) is 64.3 cm³/mol. The van der Waals surface area contributed by atoms with E-state index in [1.807, 2.05) is 0 Å². The zero-order chi connectivity index (χ0) is 11.3. The Morgan fingerprint density at radius 3 is 2.93 bits per heavy atom. The van der Waals surface area contributed by atoms with Crippen LogP contribution in [0, 0.1) is 17.3 Å². The van der Waals surface area contributed by atoms with Gasteiger partial charge in [0.15, 0.2) is 0 Å². The number of hydrogen-bond donors (Lipinski definition) is 1. The van der Waals surface area contributed by atoms with E-state index in [1.165, 1.54) is 5.57 Å². The standard InChI is InChI=1S/C14H20O/c1-12-8-10-14(2,3)9-6-4-5-7-13(15)11-12/h6,8-9,13,15H,4,10-11H2,1-3H3/b9-6+,12-8-. The first-order valence-electron chi connectivity index (χ1n) is 5.49. The van der Waals surface area contributed by atoms with E-state index in [-0.39, 0.29) is 5.41 Å². The zero-order valence-electron chi connectivity index (χ0n) is 9.88. The topological polar surface area (TPSA) is 20.2 Å². The third kappa shape index (κ3) is 4.85. The quantitative estimate of drug-likeness (QED) is 0.475. The van der Waals surface area contributed by atoms with Crippen LogP contribution in [0.3, 0.4) is 0 Å². The first-order chi connectivity index (χ1) is 6.99. The monoisotopic (exact) mass is 204 g/mol. The SMILES string of the molecule is C/C1=C/CC(C)(C)/C=C/CC#CC(O)C1. The number of hydrogen-bond acceptors (Lipinski definition) is 1. The summed E-state index contributed by atoms with van der Waals surface area (Å²) in [6.45, 7) is 6.49. The molecule has 0 spiro atoms. The fourth-order valence-corrected chi connectivity index (χ4v) is 1.56. The van der Waals surface area contributed by atoms with E-state index in [1.54, 1.807) is 0 Å². The van der Waals surface area contributed by atoms with Crippen molar-refractivity contribution in [3.8, 4) is 11.8 Å². The summed E-state index contributed by atoms with van der Waals surface area (Å²) in [5, 5.41) is 9.58. The normalized spacial score (nSPS) is 31.5. The first-order valence-corrected chi connectivity index (χ1v) is 5.49. The fraction of sp³-hybridized carbons (Fsp3) is 0.571. The molecule has 82 valence electrons. The summed E-state index contributed by atoms with van der Waals surface area (Å²) in [4.78, 5) is 0. The molecule has 1 N–H and O–H groups in total. The number of aliphatic hydroxyl groups excluding tert-OH is 1. The van der Waals surface area contributed by atoms with E-state index in [0.29, 0.717) is 6.42 Å². The summed E-state index contributed by atoms with van der Waals surface area (Å²) >= 11 is 0. The van der Waals surface area contributed by atoms with Gasteiger partial charge < -0.3 is 5.11 Å². The lowest BCUT2D eigenvalue weighted by atomic mass is 9.87. The van der Waals surface area contributed by atoms with E-state index in [9.17, 15) is 5.11 Å². The Labute approximate surface area is 92.9 Å². The van der Waals surface area contributed by atoms with Crippen LogP contribution in [-0.2, 0) is 0 Å². The Kier molecular flexibility index (Phi) is 4.17. The van der Waals surface area contributed by atoms with Gasteiger partial charge in [-0.15, -0.1) is 0 Å². The molecule has 0 amide bonds. The summed E-state index contributed by atoms with van der Waals surface area (Å²) in [6, 6.07) is 0. The highest BCUT2D eigenvalue weighted by Crippen LogP contribution is 2.24. The lowest BCUT2D eigenvalue weighted by Gasteiger charge is -2.18. The van der Waals surface area contributed by atoms with Gasteiger partial charge in [-0.25, -0.2) is 0 Å². The second kappa shape index (κ2) is 5.19. The Morgan fingerprint density at radius 2 is 2.20 bits per heavy atom. The molecule has 1 atom stereocenters. The van der Waals surface area contributed by atoms with Gasteiger partial charge in [-0.2, -0.15) is 0 Å². The predicted octanol–water partition coefficient (Wildman–Crippen LogP) is 3.06.